The van der Waals surface area contributed by atoms with E-state index in [1.807, 2.05) is 13.0 Å². The first kappa shape index (κ1) is 15.6. The molecule has 3 N–H and O–H groups in total. The second kappa shape index (κ2) is 6.35. The third-order valence-electron chi connectivity index (χ3n) is 4.03. The minimum atomic E-state index is -0.835. The third kappa shape index (κ3) is 3.67. The molecule has 5 nitrogen and oxygen atoms in total. The Morgan fingerprint density at radius 1 is 1.33 bits per heavy atom. The van der Waals surface area contributed by atoms with Crippen molar-refractivity contribution in [1.82, 2.24) is 5.32 Å². The minimum absolute atomic E-state index is 0.147. The van der Waals surface area contributed by atoms with Crippen molar-refractivity contribution >= 4 is 29.3 Å². The molecular formula is C15H19ClN2O3. The Balaban J connectivity index is 1.92. The molecule has 1 aliphatic carbocycles. The van der Waals surface area contributed by atoms with E-state index in [1.165, 1.54) is 0 Å². The number of aliphatic carboxylic acids is 1. The lowest BCUT2D eigenvalue weighted by Gasteiger charge is -2.24. The van der Waals surface area contributed by atoms with E-state index < -0.39 is 17.4 Å². The van der Waals surface area contributed by atoms with Gasteiger partial charge in [-0.2, -0.15) is 0 Å². The Kier molecular flexibility index (Phi) is 4.73. The van der Waals surface area contributed by atoms with Crippen molar-refractivity contribution in [3.8, 4) is 0 Å². The highest BCUT2D eigenvalue weighted by atomic mass is 35.5. The zero-order valence-electron chi connectivity index (χ0n) is 11.9. The molecule has 0 spiro atoms. The summed E-state index contributed by atoms with van der Waals surface area (Å²) in [7, 11) is 0. The summed E-state index contributed by atoms with van der Waals surface area (Å²) in [5, 5.41) is 15.2. The van der Waals surface area contributed by atoms with Crippen molar-refractivity contribution in [2.45, 2.75) is 32.6 Å². The highest BCUT2D eigenvalue weighted by Crippen LogP contribution is 2.37. The number of hydrogen-bond donors (Lipinski definition) is 3. The van der Waals surface area contributed by atoms with E-state index in [2.05, 4.69) is 10.6 Å². The molecule has 1 aromatic rings. The number of urea groups is 1. The lowest BCUT2D eigenvalue weighted by Crippen LogP contribution is -2.42. The van der Waals surface area contributed by atoms with Crippen LogP contribution in [0.25, 0.3) is 0 Å². The number of benzene rings is 1. The summed E-state index contributed by atoms with van der Waals surface area (Å²) in [6, 6.07) is 4.82. The topological polar surface area (TPSA) is 78.4 Å². The molecule has 0 radical (unpaired) electrons. The number of carbonyl (C=O) groups is 2. The molecule has 0 bridgehead atoms. The monoisotopic (exact) mass is 310 g/mol. The smallest absolute Gasteiger partial charge is 0.319 e. The van der Waals surface area contributed by atoms with E-state index in [0.29, 0.717) is 23.6 Å². The number of rotatable bonds is 4. The lowest BCUT2D eigenvalue weighted by molar-refractivity contribution is -0.148. The fourth-order valence-corrected chi connectivity index (χ4v) is 2.79. The number of carboxylic acid groups (broad SMARTS) is 1. The summed E-state index contributed by atoms with van der Waals surface area (Å²) >= 11 is 5.99. The van der Waals surface area contributed by atoms with Gasteiger partial charge in [0.15, 0.2) is 0 Å². The molecule has 1 aliphatic rings. The average Bonchev–Trinajstić information content (AvgIpc) is 2.91. The molecule has 0 atom stereocenters. The van der Waals surface area contributed by atoms with Gasteiger partial charge < -0.3 is 15.7 Å². The van der Waals surface area contributed by atoms with Gasteiger partial charge in [0.05, 0.1) is 5.41 Å². The molecule has 1 fully saturated rings. The second-order valence-corrected chi connectivity index (χ2v) is 5.97. The molecule has 0 saturated heterocycles. The first-order chi connectivity index (χ1) is 9.93. The van der Waals surface area contributed by atoms with Crippen molar-refractivity contribution in [3.63, 3.8) is 0 Å². The summed E-state index contributed by atoms with van der Waals surface area (Å²) in [5.74, 6) is -0.835. The maximum absolute atomic E-state index is 11.9. The number of carbonyl (C=O) groups excluding carboxylic acids is 1. The molecule has 114 valence electrons. The van der Waals surface area contributed by atoms with Gasteiger partial charge in [-0.1, -0.05) is 30.5 Å². The van der Waals surface area contributed by atoms with Gasteiger partial charge in [0.1, 0.15) is 0 Å². The Morgan fingerprint density at radius 3 is 2.57 bits per heavy atom. The summed E-state index contributed by atoms with van der Waals surface area (Å²) in [6.07, 6.45) is 3.00. The molecular weight excluding hydrogens is 292 g/mol. The molecule has 2 rings (SSSR count). The maximum atomic E-state index is 11.9. The summed E-state index contributed by atoms with van der Waals surface area (Å²) in [5.41, 5.74) is 0.694. The number of anilines is 1. The zero-order chi connectivity index (χ0) is 15.5. The van der Waals surface area contributed by atoms with Crippen LogP contribution in [0.4, 0.5) is 10.5 Å². The van der Waals surface area contributed by atoms with Gasteiger partial charge >= 0.3 is 12.0 Å². The Bertz CT molecular complexity index is 554. The SMILES string of the molecule is Cc1ccc(NC(=O)NCC2(C(=O)O)CCCC2)cc1Cl. The summed E-state index contributed by atoms with van der Waals surface area (Å²) in [6.45, 7) is 2.02. The largest absolute Gasteiger partial charge is 0.481 e. The van der Waals surface area contributed by atoms with E-state index in [-0.39, 0.29) is 6.54 Å². The molecule has 0 heterocycles. The first-order valence-electron chi connectivity index (χ1n) is 6.97. The summed E-state index contributed by atoms with van der Waals surface area (Å²) < 4.78 is 0. The normalized spacial score (nSPS) is 16.5. The zero-order valence-corrected chi connectivity index (χ0v) is 12.7. The number of halogens is 1. The maximum Gasteiger partial charge on any atom is 0.319 e. The van der Waals surface area contributed by atoms with Gasteiger partial charge in [-0.25, -0.2) is 4.79 Å². The number of amides is 2. The molecule has 0 unspecified atom stereocenters. The minimum Gasteiger partial charge on any atom is -0.481 e. The molecule has 0 aliphatic heterocycles. The van der Waals surface area contributed by atoms with Gasteiger partial charge in [-0.05, 0) is 37.5 Å². The van der Waals surface area contributed by atoms with Gasteiger partial charge in [-0.15, -0.1) is 0 Å². The van der Waals surface area contributed by atoms with Crippen molar-refractivity contribution < 1.29 is 14.7 Å². The van der Waals surface area contributed by atoms with Crippen LogP contribution in [0.5, 0.6) is 0 Å². The summed E-state index contributed by atoms with van der Waals surface area (Å²) in [4.78, 5) is 23.3. The van der Waals surface area contributed by atoms with Gasteiger partial charge in [0.2, 0.25) is 0 Å². The van der Waals surface area contributed by atoms with Crippen LogP contribution in [0.1, 0.15) is 31.2 Å². The van der Waals surface area contributed by atoms with Gasteiger partial charge in [0, 0.05) is 17.3 Å². The highest BCUT2D eigenvalue weighted by Gasteiger charge is 2.41. The third-order valence-corrected chi connectivity index (χ3v) is 4.44. The predicted molar refractivity (Wildman–Crippen MR) is 81.7 cm³/mol. The van der Waals surface area contributed by atoms with Crippen molar-refractivity contribution in [2.75, 3.05) is 11.9 Å². The standard InChI is InChI=1S/C15H19ClN2O3/c1-10-4-5-11(8-12(10)16)18-14(21)17-9-15(13(19)20)6-2-3-7-15/h4-5,8H,2-3,6-7,9H2,1H3,(H,19,20)(H2,17,18,21). The van der Waals surface area contributed by atoms with Crippen LogP contribution >= 0.6 is 11.6 Å². The van der Waals surface area contributed by atoms with Crippen LogP contribution in [-0.4, -0.2) is 23.7 Å². The van der Waals surface area contributed by atoms with Crippen LogP contribution in [0.2, 0.25) is 5.02 Å². The van der Waals surface area contributed by atoms with Crippen LogP contribution < -0.4 is 10.6 Å². The Hall–Kier alpha value is -1.75. The predicted octanol–water partition coefficient (Wildman–Crippen LogP) is 3.41. The molecule has 1 aromatic carbocycles. The van der Waals surface area contributed by atoms with Crippen LogP contribution in [0, 0.1) is 12.3 Å². The van der Waals surface area contributed by atoms with E-state index in [0.717, 1.165) is 18.4 Å². The average molecular weight is 311 g/mol. The van der Waals surface area contributed by atoms with E-state index >= 15 is 0 Å². The number of hydrogen-bond acceptors (Lipinski definition) is 2. The van der Waals surface area contributed by atoms with E-state index in [9.17, 15) is 14.7 Å². The first-order valence-corrected chi connectivity index (χ1v) is 7.35. The van der Waals surface area contributed by atoms with Gasteiger partial charge in [0.25, 0.3) is 0 Å². The quantitative estimate of drug-likeness (QED) is 0.797. The van der Waals surface area contributed by atoms with E-state index in [4.69, 9.17) is 11.6 Å². The van der Waals surface area contributed by atoms with E-state index in [1.54, 1.807) is 12.1 Å². The van der Waals surface area contributed by atoms with Crippen LogP contribution in [0.15, 0.2) is 18.2 Å². The van der Waals surface area contributed by atoms with Crippen molar-refractivity contribution in [1.29, 1.82) is 0 Å². The Labute approximate surface area is 128 Å². The molecule has 6 heteroatoms. The Morgan fingerprint density at radius 2 is 2.00 bits per heavy atom. The van der Waals surface area contributed by atoms with Crippen molar-refractivity contribution in [2.24, 2.45) is 5.41 Å². The fraction of sp³-hybridized carbons (Fsp3) is 0.467. The van der Waals surface area contributed by atoms with Crippen LogP contribution in [-0.2, 0) is 4.79 Å². The number of carboxylic acids is 1. The molecule has 0 aromatic heterocycles. The fourth-order valence-electron chi connectivity index (χ4n) is 2.61. The molecule has 21 heavy (non-hydrogen) atoms. The second-order valence-electron chi connectivity index (χ2n) is 5.56. The van der Waals surface area contributed by atoms with Gasteiger partial charge in [-0.3, -0.25) is 4.79 Å². The lowest BCUT2D eigenvalue weighted by atomic mass is 9.86. The van der Waals surface area contributed by atoms with Crippen molar-refractivity contribution in [3.05, 3.63) is 28.8 Å². The molecule has 1 saturated carbocycles. The highest BCUT2D eigenvalue weighted by molar-refractivity contribution is 6.31. The van der Waals surface area contributed by atoms with Crippen LogP contribution in [0.3, 0.4) is 0 Å². The number of nitrogens with one attached hydrogen (secondary N) is 2. The number of aryl methyl sites for hydroxylation is 1. The molecule has 2 amide bonds.